The predicted octanol–water partition coefficient (Wildman–Crippen LogP) is 2.27. The van der Waals surface area contributed by atoms with E-state index in [9.17, 15) is 9.90 Å². The van der Waals surface area contributed by atoms with Crippen LogP contribution in [0, 0.1) is 11.3 Å². The van der Waals surface area contributed by atoms with Crippen LogP contribution in [0.25, 0.3) is 0 Å². The summed E-state index contributed by atoms with van der Waals surface area (Å²) in [4.78, 5) is 13.7. The Kier molecular flexibility index (Phi) is 4.10. The number of hydrogen-bond acceptors (Lipinski definition) is 3. The summed E-state index contributed by atoms with van der Waals surface area (Å²) in [6.45, 7) is 5.64. The molecule has 4 heteroatoms. The first-order valence-corrected chi connectivity index (χ1v) is 6.61. The normalized spacial score (nSPS) is 26.5. The third kappa shape index (κ3) is 3.07. The van der Waals surface area contributed by atoms with E-state index in [0.29, 0.717) is 19.7 Å². The van der Waals surface area contributed by atoms with Gasteiger partial charge >= 0.3 is 6.09 Å². The van der Waals surface area contributed by atoms with Crippen molar-refractivity contribution in [3.63, 3.8) is 0 Å². The number of benzene rings is 1. The van der Waals surface area contributed by atoms with Crippen molar-refractivity contribution in [1.82, 2.24) is 4.90 Å². The Hall–Kier alpha value is -1.55. The molecule has 0 radical (unpaired) electrons. The van der Waals surface area contributed by atoms with Gasteiger partial charge in [0.05, 0.1) is 6.61 Å². The molecule has 19 heavy (non-hydrogen) atoms. The van der Waals surface area contributed by atoms with Crippen molar-refractivity contribution in [3.8, 4) is 0 Å². The van der Waals surface area contributed by atoms with E-state index in [4.69, 9.17) is 4.74 Å². The molecule has 1 aliphatic rings. The summed E-state index contributed by atoms with van der Waals surface area (Å²) in [6, 6.07) is 9.63. The van der Waals surface area contributed by atoms with E-state index < -0.39 is 0 Å². The van der Waals surface area contributed by atoms with E-state index in [1.54, 1.807) is 4.90 Å². The SMILES string of the molecule is CC1CN(C(=O)OCc2ccccc2)CC1(C)CO. The van der Waals surface area contributed by atoms with Crippen molar-refractivity contribution in [2.24, 2.45) is 11.3 Å². The van der Waals surface area contributed by atoms with Gasteiger partial charge in [0.1, 0.15) is 6.61 Å². The number of likely N-dealkylation sites (tertiary alicyclic amines) is 1. The van der Waals surface area contributed by atoms with E-state index in [1.807, 2.05) is 37.3 Å². The topological polar surface area (TPSA) is 49.8 Å². The number of aliphatic hydroxyl groups is 1. The van der Waals surface area contributed by atoms with Gasteiger partial charge in [-0.15, -0.1) is 0 Å². The van der Waals surface area contributed by atoms with E-state index >= 15 is 0 Å². The second kappa shape index (κ2) is 5.61. The second-order valence-electron chi connectivity index (χ2n) is 5.63. The van der Waals surface area contributed by atoms with Crippen LogP contribution in [-0.2, 0) is 11.3 Å². The van der Waals surface area contributed by atoms with Crippen molar-refractivity contribution in [2.75, 3.05) is 19.7 Å². The van der Waals surface area contributed by atoms with Gasteiger partial charge in [0.25, 0.3) is 0 Å². The van der Waals surface area contributed by atoms with Crippen molar-refractivity contribution >= 4 is 6.09 Å². The molecule has 0 aromatic heterocycles. The predicted molar refractivity (Wildman–Crippen MR) is 72.6 cm³/mol. The number of aliphatic hydroxyl groups excluding tert-OH is 1. The van der Waals surface area contributed by atoms with Crippen LogP contribution < -0.4 is 0 Å². The van der Waals surface area contributed by atoms with Crippen LogP contribution in [0.1, 0.15) is 19.4 Å². The average molecular weight is 263 g/mol. The minimum atomic E-state index is -0.298. The molecule has 1 fully saturated rings. The first-order chi connectivity index (χ1) is 9.05. The van der Waals surface area contributed by atoms with E-state index in [2.05, 4.69) is 6.92 Å². The molecular formula is C15H21NO3. The summed E-state index contributed by atoms with van der Waals surface area (Å²) in [5.41, 5.74) is 0.763. The van der Waals surface area contributed by atoms with Crippen molar-refractivity contribution < 1.29 is 14.6 Å². The number of nitrogens with zero attached hydrogens (tertiary/aromatic N) is 1. The highest BCUT2D eigenvalue weighted by molar-refractivity contribution is 5.68. The van der Waals surface area contributed by atoms with Gasteiger partial charge in [-0.05, 0) is 11.5 Å². The van der Waals surface area contributed by atoms with Gasteiger partial charge in [-0.25, -0.2) is 4.79 Å². The zero-order chi connectivity index (χ0) is 13.9. The quantitative estimate of drug-likeness (QED) is 0.910. The average Bonchev–Trinajstić information content (AvgIpc) is 2.74. The van der Waals surface area contributed by atoms with Crippen LogP contribution in [0.15, 0.2) is 30.3 Å². The molecule has 2 unspecified atom stereocenters. The summed E-state index contributed by atoms with van der Waals surface area (Å²) in [5, 5.41) is 9.42. The molecule has 4 nitrogen and oxygen atoms in total. The Balaban J connectivity index is 1.88. The van der Waals surface area contributed by atoms with Crippen molar-refractivity contribution in [3.05, 3.63) is 35.9 Å². The van der Waals surface area contributed by atoms with Gasteiger partial charge in [-0.1, -0.05) is 44.2 Å². The number of amides is 1. The molecule has 104 valence electrons. The third-order valence-electron chi connectivity index (χ3n) is 4.06. The smallest absolute Gasteiger partial charge is 0.410 e. The molecule has 1 heterocycles. The summed E-state index contributed by atoms with van der Waals surface area (Å²) in [5.74, 6) is 0.279. The standard InChI is InChI=1S/C15H21NO3/c1-12-8-16(10-15(12,2)11-17)14(18)19-9-13-6-4-3-5-7-13/h3-7,12,17H,8-11H2,1-2H3. The minimum Gasteiger partial charge on any atom is -0.445 e. The third-order valence-corrected chi connectivity index (χ3v) is 4.06. The number of rotatable bonds is 3. The van der Waals surface area contributed by atoms with Crippen molar-refractivity contribution in [2.45, 2.75) is 20.5 Å². The lowest BCUT2D eigenvalue weighted by atomic mass is 9.82. The molecule has 2 atom stereocenters. The van der Waals surface area contributed by atoms with E-state index in [-0.39, 0.29) is 24.0 Å². The largest absolute Gasteiger partial charge is 0.445 e. The van der Waals surface area contributed by atoms with Gasteiger partial charge in [0.15, 0.2) is 0 Å². The van der Waals surface area contributed by atoms with Crippen LogP contribution in [0.3, 0.4) is 0 Å². The fourth-order valence-corrected chi connectivity index (χ4v) is 2.36. The summed E-state index contributed by atoms with van der Waals surface area (Å²) in [7, 11) is 0. The van der Waals surface area contributed by atoms with Gasteiger partial charge in [0, 0.05) is 18.5 Å². The monoisotopic (exact) mass is 263 g/mol. The highest BCUT2D eigenvalue weighted by Crippen LogP contribution is 2.35. The molecule has 1 aliphatic heterocycles. The maximum absolute atomic E-state index is 12.0. The highest BCUT2D eigenvalue weighted by Gasteiger charge is 2.42. The fraction of sp³-hybridized carbons (Fsp3) is 0.533. The molecule has 1 saturated heterocycles. The Bertz CT molecular complexity index is 434. The van der Waals surface area contributed by atoms with Crippen LogP contribution in [0.4, 0.5) is 4.79 Å². The molecule has 0 saturated carbocycles. The zero-order valence-corrected chi connectivity index (χ0v) is 11.5. The lowest BCUT2D eigenvalue weighted by molar-refractivity contribution is 0.0912. The Morgan fingerprint density at radius 3 is 2.74 bits per heavy atom. The van der Waals surface area contributed by atoms with E-state index in [1.165, 1.54) is 0 Å². The van der Waals surface area contributed by atoms with Crippen LogP contribution in [0.2, 0.25) is 0 Å². The Morgan fingerprint density at radius 2 is 2.16 bits per heavy atom. The van der Waals surface area contributed by atoms with Gasteiger partial charge in [-0.2, -0.15) is 0 Å². The van der Waals surface area contributed by atoms with Crippen LogP contribution >= 0.6 is 0 Å². The molecule has 0 bridgehead atoms. The molecular weight excluding hydrogens is 242 g/mol. The Labute approximate surface area is 114 Å². The summed E-state index contributed by atoms with van der Waals surface area (Å²) < 4.78 is 5.30. The van der Waals surface area contributed by atoms with Gasteiger partial charge < -0.3 is 14.7 Å². The molecule has 0 aliphatic carbocycles. The zero-order valence-electron chi connectivity index (χ0n) is 11.5. The van der Waals surface area contributed by atoms with Gasteiger partial charge in [0.2, 0.25) is 0 Å². The summed E-state index contributed by atoms with van der Waals surface area (Å²) in [6.07, 6.45) is -0.298. The molecule has 1 aromatic carbocycles. The maximum Gasteiger partial charge on any atom is 0.410 e. The first kappa shape index (κ1) is 13.9. The fourth-order valence-electron chi connectivity index (χ4n) is 2.36. The first-order valence-electron chi connectivity index (χ1n) is 6.61. The Morgan fingerprint density at radius 1 is 1.47 bits per heavy atom. The lowest BCUT2D eigenvalue weighted by Gasteiger charge is -2.24. The molecule has 1 aromatic rings. The highest BCUT2D eigenvalue weighted by atomic mass is 16.6. The maximum atomic E-state index is 12.0. The van der Waals surface area contributed by atoms with Crippen LogP contribution in [-0.4, -0.2) is 35.8 Å². The van der Waals surface area contributed by atoms with Gasteiger partial charge in [-0.3, -0.25) is 0 Å². The number of ether oxygens (including phenoxy) is 1. The number of carbonyl (C=O) groups excluding carboxylic acids is 1. The van der Waals surface area contributed by atoms with E-state index in [0.717, 1.165) is 5.56 Å². The van der Waals surface area contributed by atoms with Crippen LogP contribution in [0.5, 0.6) is 0 Å². The number of carbonyl (C=O) groups is 1. The summed E-state index contributed by atoms with van der Waals surface area (Å²) >= 11 is 0. The van der Waals surface area contributed by atoms with Crippen molar-refractivity contribution in [1.29, 1.82) is 0 Å². The molecule has 1 amide bonds. The second-order valence-corrected chi connectivity index (χ2v) is 5.63. The minimum absolute atomic E-state index is 0.0939. The molecule has 1 N–H and O–H groups in total. The molecule has 0 spiro atoms. The lowest BCUT2D eigenvalue weighted by Crippen LogP contribution is -2.33. The molecule has 2 rings (SSSR count). The number of hydrogen-bond donors (Lipinski definition) is 1.